The molecule has 0 saturated heterocycles. The number of aliphatic imine (C=N–C) groups is 1. The molecule has 1 aliphatic rings. The van der Waals surface area contributed by atoms with Crippen molar-refractivity contribution in [3.8, 4) is 5.75 Å². The van der Waals surface area contributed by atoms with E-state index in [0.717, 1.165) is 31.3 Å². The van der Waals surface area contributed by atoms with Gasteiger partial charge in [0.2, 0.25) is 0 Å². The molecule has 0 fully saturated rings. The number of aromatic hydroxyl groups is 1. The number of nitrogens with one attached hydrogen (secondary N) is 1. The number of halogens is 3. The second-order valence-corrected chi connectivity index (χ2v) is 8.49. The van der Waals surface area contributed by atoms with Crippen LogP contribution in [0.25, 0.3) is 0 Å². The quantitative estimate of drug-likeness (QED) is 0.441. The van der Waals surface area contributed by atoms with Gasteiger partial charge in [-0.15, -0.1) is 0 Å². The van der Waals surface area contributed by atoms with Gasteiger partial charge in [0.1, 0.15) is 17.7 Å². The average molecular weight is 504 g/mol. The fraction of sp³-hybridized carbons (Fsp3) is 0.136. The highest BCUT2D eigenvalue weighted by atomic mass is 79.9. The summed E-state index contributed by atoms with van der Waals surface area (Å²) in [6.07, 6.45) is 0.292. The zero-order chi connectivity index (χ0) is 19.7. The minimum Gasteiger partial charge on any atom is -0.508 e. The molecular weight excluding hydrogens is 487 g/mol. The lowest BCUT2D eigenvalue weighted by atomic mass is 9.93. The van der Waals surface area contributed by atoms with Crippen molar-refractivity contribution in [1.29, 1.82) is 0 Å². The third-order valence-electron chi connectivity index (χ3n) is 4.77. The first-order valence-electron chi connectivity index (χ1n) is 8.82. The molecule has 3 nitrogen and oxygen atoms in total. The largest absolute Gasteiger partial charge is 0.508 e. The molecule has 0 spiro atoms. The highest BCUT2D eigenvalue weighted by Crippen LogP contribution is 2.36. The third kappa shape index (κ3) is 4.19. The SMILES string of the molecule is Oc1ccc(Br)cc1C1CC(c2ccc(Br)cc2)=NC(c2ccc(F)cc2)N1. The van der Waals surface area contributed by atoms with Gasteiger partial charge < -0.3 is 5.11 Å². The predicted octanol–water partition coefficient (Wildman–Crippen LogP) is 6.28. The van der Waals surface area contributed by atoms with Crippen LogP contribution in [-0.2, 0) is 0 Å². The Morgan fingerprint density at radius 2 is 1.61 bits per heavy atom. The molecule has 3 aromatic rings. The summed E-state index contributed by atoms with van der Waals surface area (Å²) in [4.78, 5) is 4.88. The van der Waals surface area contributed by atoms with E-state index in [1.165, 1.54) is 12.1 Å². The maximum atomic E-state index is 13.4. The van der Waals surface area contributed by atoms with E-state index < -0.39 is 0 Å². The molecule has 2 unspecified atom stereocenters. The van der Waals surface area contributed by atoms with Crippen LogP contribution in [0.15, 0.2) is 80.7 Å². The maximum absolute atomic E-state index is 13.4. The first kappa shape index (κ1) is 19.3. The van der Waals surface area contributed by atoms with E-state index in [2.05, 4.69) is 37.2 Å². The van der Waals surface area contributed by atoms with Crippen LogP contribution in [0.5, 0.6) is 5.75 Å². The highest BCUT2D eigenvalue weighted by Gasteiger charge is 2.27. The molecule has 6 heteroatoms. The molecular formula is C22H17Br2FN2O. The van der Waals surface area contributed by atoms with Gasteiger partial charge in [0.15, 0.2) is 0 Å². The molecule has 142 valence electrons. The van der Waals surface area contributed by atoms with Crippen molar-refractivity contribution in [3.63, 3.8) is 0 Å². The third-order valence-corrected chi connectivity index (χ3v) is 5.79. The Bertz CT molecular complexity index is 1020. The van der Waals surface area contributed by atoms with E-state index in [4.69, 9.17) is 4.99 Å². The molecule has 2 atom stereocenters. The number of phenolic OH excluding ortho intramolecular Hbond substituents is 1. The van der Waals surface area contributed by atoms with Crippen LogP contribution in [-0.4, -0.2) is 10.8 Å². The zero-order valence-electron chi connectivity index (χ0n) is 14.7. The fourth-order valence-electron chi connectivity index (χ4n) is 3.34. The van der Waals surface area contributed by atoms with Gasteiger partial charge in [0.25, 0.3) is 0 Å². The summed E-state index contributed by atoms with van der Waals surface area (Å²) in [5, 5.41) is 13.9. The number of hydrogen-bond donors (Lipinski definition) is 2. The lowest BCUT2D eigenvalue weighted by Crippen LogP contribution is -2.33. The summed E-state index contributed by atoms with van der Waals surface area (Å²) in [6.45, 7) is 0. The molecule has 28 heavy (non-hydrogen) atoms. The van der Waals surface area contributed by atoms with Crippen molar-refractivity contribution < 1.29 is 9.50 Å². The zero-order valence-corrected chi connectivity index (χ0v) is 17.9. The van der Waals surface area contributed by atoms with Crippen LogP contribution in [0.1, 0.15) is 35.3 Å². The number of phenols is 1. The monoisotopic (exact) mass is 502 g/mol. The molecule has 0 bridgehead atoms. The van der Waals surface area contributed by atoms with E-state index in [1.807, 2.05) is 36.4 Å². The molecule has 1 heterocycles. The lowest BCUT2D eigenvalue weighted by molar-refractivity contribution is 0.412. The van der Waals surface area contributed by atoms with Crippen LogP contribution in [0.2, 0.25) is 0 Å². The van der Waals surface area contributed by atoms with Gasteiger partial charge in [0, 0.05) is 32.7 Å². The fourth-order valence-corrected chi connectivity index (χ4v) is 3.99. The van der Waals surface area contributed by atoms with Gasteiger partial charge in [-0.3, -0.25) is 10.3 Å². The summed E-state index contributed by atoms with van der Waals surface area (Å²) < 4.78 is 15.3. The minimum absolute atomic E-state index is 0.135. The van der Waals surface area contributed by atoms with Crippen LogP contribution in [0.3, 0.4) is 0 Å². The van der Waals surface area contributed by atoms with Crippen molar-refractivity contribution in [2.45, 2.75) is 18.6 Å². The van der Waals surface area contributed by atoms with Gasteiger partial charge in [-0.1, -0.05) is 56.1 Å². The van der Waals surface area contributed by atoms with Gasteiger partial charge in [-0.2, -0.15) is 0 Å². The van der Waals surface area contributed by atoms with E-state index in [-0.39, 0.29) is 23.8 Å². The van der Waals surface area contributed by atoms with Gasteiger partial charge >= 0.3 is 0 Å². The van der Waals surface area contributed by atoms with E-state index in [0.29, 0.717) is 6.42 Å². The number of hydrogen-bond acceptors (Lipinski definition) is 3. The Balaban J connectivity index is 1.76. The van der Waals surface area contributed by atoms with Crippen molar-refractivity contribution in [2.75, 3.05) is 0 Å². The molecule has 0 aliphatic carbocycles. The summed E-state index contributed by atoms with van der Waals surface area (Å²) >= 11 is 6.95. The van der Waals surface area contributed by atoms with Gasteiger partial charge in [-0.25, -0.2) is 4.39 Å². The second kappa shape index (κ2) is 8.15. The normalized spacial score (nSPS) is 19.3. The van der Waals surface area contributed by atoms with E-state index >= 15 is 0 Å². The van der Waals surface area contributed by atoms with Crippen LogP contribution >= 0.6 is 31.9 Å². The lowest BCUT2D eigenvalue weighted by Gasteiger charge is -2.31. The molecule has 0 radical (unpaired) electrons. The smallest absolute Gasteiger partial charge is 0.126 e. The molecule has 0 amide bonds. The Labute approximate surface area is 179 Å². The molecule has 4 rings (SSSR count). The van der Waals surface area contributed by atoms with Crippen molar-refractivity contribution >= 4 is 37.6 Å². The first-order chi connectivity index (χ1) is 13.5. The Kier molecular flexibility index (Phi) is 5.62. The van der Waals surface area contributed by atoms with Crippen molar-refractivity contribution in [3.05, 3.63) is 98.2 Å². The second-order valence-electron chi connectivity index (χ2n) is 6.66. The molecule has 3 aromatic carbocycles. The molecule has 0 aromatic heterocycles. The summed E-state index contributed by atoms with van der Waals surface area (Å²) in [7, 11) is 0. The Morgan fingerprint density at radius 3 is 2.32 bits per heavy atom. The molecule has 1 aliphatic heterocycles. The minimum atomic E-state index is -0.337. The van der Waals surface area contributed by atoms with Crippen molar-refractivity contribution in [2.24, 2.45) is 4.99 Å². The average Bonchev–Trinajstić information content (AvgIpc) is 2.70. The van der Waals surface area contributed by atoms with E-state index in [9.17, 15) is 9.50 Å². The Morgan fingerprint density at radius 1 is 0.929 bits per heavy atom. The van der Waals surface area contributed by atoms with Gasteiger partial charge in [0.05, 0.1) is 0 Å². The number of benzene rings is 3. The topological polar surface area (TPSA) is 44.6 Å². The maximum Gasteiger partial charge on any atom is 0.126 e. The van der Waals surface area contributed by atoms with Crippen LogP contribution in [0, 0.1) is 5.82 Å². The summed E-state index contributed by atoms with van der Waals surface area (Å²) in [5.74, 6) is -0.0477. The van der Waals surface area contributed by atoms with E-state index in [1.54, 1.807) is 18.2 Å². The van der Waals surface area contributed by atoms with Crippen LogP contribution < -0.4 is 5.32 Å². The standard InChI is InChI=1S/C22H17Br2FN2O/c23-15-5-1-13(2-6-15)19-12-20(18-11-16(24)7-10-21(18)28)27-22(26-19)14-3-8-17(25)9-4-14/h1-11,20,22,27-28H,12H2. The number of rotatable bonds is 3. The van der Waals surface area contributed by atoms with Gasteiger partial charge in [-0.05, 0) is 53.6 Å². The highest BCUT2D eigenvalue weighted by molar-refractivity contribution is 9.10. The first-order valence-corrected chi connectivity index (χ1v) is 10.4. The molecule has 2 N–H and O–H groups in total. The Hall–Kier alpha value is -2.02. The summed E-state index contributed by atoms with van der Waals surface area (Å²) in [5.41, 5.74) is 3.63. The summed E-state index contributed by atoms with van der Waals surface area (Å²) in [6, 6.07) is 19.6. The molecule has 0 saturated carbocycles. The predicted molar refractivity (Wildman–Crippen MR) is 116 cm³/mol. The number of nitrogens with zero attached hydrogens (tertiary/aromatic N) is 1. The van der Waals surface area contributed by atoms with Crippen molar-refractivity contribution in [1.82, 2.24) is 5.32 Å². The van der Waals surface area contributed by atoms with Crippen LogP contribution in [0.4, 0.5) is 4.39 Å².